The predicted molar refractivity (Wildman–Crippen MR) is 113 cm³/mol. The number of amides is 1. The molecule has 0 unspecified atom stereocenters. The zero-order chi connectivity index (χ0) is 21.9. The quantitative estimate of drug-likeness (QED) is 0.545. The minimum atomic E-state index is -4.33. The molecule has 1 atom stereocenters. The number of carbonyl (C=O) groups is 1. The van der Waals surface area contributed by atoms with E-state index < -0.39 is 27.8 Å². The Labute approximate surface area is 183 Å². The molecule has 2 aromatic carbocycles. The maximum absolute atomic E-state index is 14.6. The van der Waals surface area contributed by atoms with Crippen LogP contribution in [0.15, 0.2) is 70.2 Å². The van der Waals surface area contributed by atoms with Crippen molar-refractivity contribution in [1.82, 2.24) is 5.32 Å². The van der Waals surface area contributed by atoms with Gasteiger partial charge in [0.1, 0.15) is 17.6 Å². The minimum Gasteiger partial charge on any atom is -0.467 e. The third-order valence-electron chi connectivity index (χ3n) is 4.26. The van der Waals surface area contributed by atoms with Crippen LogP contribution in [-0.4, -0.2) is 20.4 Å². The van der Waals surface area contributed by atoms with Crippen molar-refractivity contribution in [2.75, 3.05) is 4.31 Å². The molecule has 0 aliphatic heterocycles. The highest BCUT2D eigenvalue weighted by molar-refractivity contribution is 7.93. The van der Waals surface area contributed by atoms with Gasteiger partial charge in [-0.25, -0.2) is 12.8 Å². The van der Waals surface area contributed by atoms with Crippen LogP contribution in [0.5, 0.6) is 0 Å². The Kier molecular flexibility index (Phi) is 6.70. The van der Waals surface area contributed by atoms with Gasteiger partial charge in [-0.15, -0.1) is 0 Å². The van der Waals surface area contributed by atoms with Crippen molar-refractivity contribution in [2.45, 2.75) is 24.4 Å². The monoisotopic (exact) mass is 470 g/mol. The topological polar surface area (TPSA) is 79.6 Å². The van der Waals surface area contributed by atoms with E-state index in [0.29, 0.717) is 15.1 Å². The van der Waals surface area contributed by atoms with Gasteiger partial charge in [0, 0.05) is 10.0 Å². The number of anilines is 1. The van der Waals surface area contributed by atoms with Gasteiger partial charge in [0.25, 0.3) is 10.0 Å². The molecule has 10 heteroatoms. The Hall–Kier alpha value is -2.55. The van der Waals surface area contributed by atoms with Crippen molar-refractivity contribution in [3.8, 4) is 0 Å². The molecule has 30 heavy (non-hydrogen) atoms. The number of rotatable bonds is 7. The molecule has 0 bridgehead atoms. The van der Waals surface area contributed by atoms with Gasteiger partial charge < -0.3 is 9.73 Å². The number of nitrogens with one attached hydrogen (secondary N) is 1. The maximum Gasteiger partial charge on any atom is 0.265 e. The van der Waals surface area contributed by atoms with E-state index in [0.717, 1.165) is 12.1 Å². The number of sulfonamides is 1. The van der Waals surface area contributed by atoms with E-state index in [1.165, 1.54) is 43.5 Å². The van der Waals surface area contributed by atoms with Gasteiger partial charge in [-0.1, -0.05) is 23.2 Å². The first-order valence-corrected chi connectivity index (χ1v) is 10.9. The second-order valence-corrected chi connectivity index (χ2v) is 9.01. The van der Waals surface area contributed by atoms with Crippen molar-refractivity contribution in [1.29, 1.82) is 0 Å². The van der Waals surface area contributed by atoms with Crippen LogP contribution in [0, 0.1) is 5.82 Å². The SMILES string of the molecule is C[C@H](C(=O)NCc1ccco1)N(c1cc(Cl)ccc1F)S(=O)(=O)c1ccc(Cl)cc1. The summed E-state index contributed by atoms with van der Waals surface area (Å²) in [6.07, 6.45) is 1.45. The third-order valence-corrected chi connectivity index (χ3v) is 6.65. The Balaban J connectivity index is 2.01. The maximum atomic E-state index is 14.6. The highest BCUT2D eigenvalue weighted by Crippen LogP contribution is 2.31. The summed E-state index contributed by atoms with van der Waals surface area (Å²) in [7, 11) is -4.33. The van der Waals surface area contributed by atoms with Crippen molar-refractivity contribution < 1.29 is 22.0 Å². The van der Waals surface area contributed by atoms with Crippen LogP contribution in [0.3, 0.4) is 0 Å². The van der Waals surface area contributed by atoms with Gasteiger partial charge in [-0.3, -0.25) is 9.10 Å². The van der Waals surface area contributed by atoms with Crippen LogP contribution in [0.4, 0.5) is 10.1 Å². The van der Waals surface area contributed by atoms with E-state index in [4.69, 9.17) is 27.6 Å². The van der Waals surface area contributed by atoms with E-state index in [9.17, 15) is 17.6 Å². The third kappa shape index (κ3) is 4.77. The molecule has 0 saturated carbocycles. The van der Waals surface area contributed by atoms with E-state index in [2.05, 4.69) is 5.32 Å². The Morgan fingerprint density at radius 3 is 2.43 bits per heavy atom. The second kappa shape index (κ2) is 9.07. The fraction of sp³-hybridized carbons (Fsp3) is 0.150. The Morgan fingerprint density at radius 2 is 1.80 bits per heavy atom. The van der Waals surface area contributed by atoms with Crippen molar-refractivity contribution in [3.05, 3.63) is 82.5 Å². The van der Waals surface area contributed by atoms with Gasteiger partial charge in [-0.2, -0.15) is 0 Å². The number of hydrogen-bond acceptors (Lipinski definition) is 4. The molecule has 1 heterocycles. The number of furan rings is 1. The summed E-state index contributed by atoms with van der Waals surface area (Å²) in [4.78, 5) is 12.6. The summed E-state index contributed by atoms with van der Waals surface area (Å²) >= 11 is 11.8. The zero-order valence-corrected chi connectivity index (χ0v) is 18.0. The van der Waals surface area contributed by atoms with Gasteiger partial charge in [-0.05, 0) is 61.5 Å². The number of hydrogen-bond donors (Lipinski definition) is 1. The molecule has 6 nitrogen and oxygen atoms in total. The van der Waals surface area contributed by atoms with Crippen LogP contribution in [0.1, 0.15) is 12.7 Å². The molecule has 0 aliphatic carbocycles. The fourth-order valence-electron chi connectivity index (χ4n) is 2.76. The number of benzene rings is 2. The summed E-state index contributed by atoms with van der Waals surface area (Å²) in [6, 6.07) is 10.8. The molecule has 0 radical (unpaired) electrons. The van der Waals surface area contributed by atoms with Gasteiger partial charge >= 0.3 is 0 Å². The van der Waals surface area contributed by atoms with Crippen molar-refractivity contribution in [3.63, 3.8) is 0 Å². The van der Waals surface area contributed by atoms with Crippen LogP contribution >= 0.6 is 23.2 Å². The van der Waals surface area contributed by atoms with E-state index in [-0.39, 0.29) is 22.2 Å². The van der Waals surface area contributed by atoms with E-state index >= 15 is 0 Å². The molecular formula is C20H17Cl2FN2O4S. The lowest BCUT2D eigenvalue weighted by Crippen LogP contribution is -2.48. The fourth-order valence-corrected chi connectivity index (χ4v) is 4.67. The van der Waals surface area contributed by atoms with Gasteiger partial charge in [0.2, 0.25) is 5.91 Å². The highest BCUT2D eigenvalue weighted by atomic mass is 35.5. The van der Waals surface area contributed by atoms with E-state index in [1.807, 2.05) is 0 Å². The van der Waals surface area contributed by atoms with Crippen molar-refractivity contribution >= 4 is 44.8 Å². The Morgan fingerprint density at radius 1 is 1.13 bits per heavy atom. The molecule has 0 saturated heterocycles. The molecule has 0 fully saturated rings. The molecule has 0 aliphatic rings. The molecule has 1 N–H and O–H groups in total. The number of carbonyl (C=O) groups excluding carboxylic acids is 1. The molecule has 3 rings (SSSR count). The molecule has 3 aromatic rings. The van der Waals surface area contributed by atoms with Gasteiger partial charge in [0.05, 0.1) is 23.4 Å². The standard InChI is InChI=1S/C20H17Cl2FN2O4S/c1-13(20(26)24-12-16-3-2-10-29-16)25(19-11-15(22)6-9-18(19)23)30(27,28)17-7-4-14(21)5-8-17/h2-11,13H,12H2,1H3,(H,24,26)/t13-/m1/s1. The number of halogens is 3. The highest BCUT2D eigenvalue weighted by Gasteiger charge is 2.35. The predicted octanol–water partition coefficient (Wildman–Crippen LogP) is 4.63. The summed E-state index contributed by atoms with van der Waals surface area (Å²) < 4.78 is 47.2. The van der Waals surface area contributed by atoms with Crippen molar-refractivity contribution in [2.24, 2.45) is 0 Å². The van der Waals surface area contributed by atoms with Crippen LogP contribution in [0.25, 0.3) is 0 Å². The largest absolute Gasteiger partial charge is 0.467 e. The molecule has 1 aromatic heterocycles. The van der Waals surface area contributed by atoms with Gasteiger partial charge in [0.15, 0.2) is 0 Å². The molecule has 1 amide bonds. The zero-order valence-electron chi connectivity index (χ0n) is 15.7. The summed E-state index contributed by atoms with van der Waals surface area (Å²) in [5.41, 5.74) is -0.349. The lowest BCUT2D eigenvalue weighted by Gasteiger charge is -2.30. The van der Waals surface area contributed by atoms with Crippen LogP contribution < -0.4 is 9.62 Å². The first-order chi connectivity index (χ1) is 14.2. The minimum absolute atomic E-state index is 0.0447. The van der Waals surface area contributed by atoms with Crippen LogP contribution in [-0.2, 0) is 21.4 Å². The van der Waals surface area contributed by atoms with Crippen LogP contribution in [0.2, 0.25) is 10.0 Å². The summed E-state index contributed by atoms with van der Waals surface area (Å²) in [5, 5.41) is 3.04. The first kappa shape index (κ1) is 22.1. The molecule has 0 spiro atoms. The van der Waals surface area contributed by atoms with E-state index in [1.54, 1.807) is 12.1 Å². The average Bonchev–Trinajstić information content (AvgIpc) is 3.22. The Bertz CT molecular complexity index is 1140. The smallest absolute Gasteiger partial charge is 0.265 e. The molecular weight excluding hydrogens is 454 g/mol. The summed E-state index contributed by atoms with van der Waals surface area (Å²) in [5.74, 6) is -1.01. The second-order valence-electron chi connectivity index (χ2n) is 6.32. The average molecular weight is 471 g/mol. The first-order valence-electron chi connectivity index (χ1n) is 8.75. The molecule has 158 valence electrons. The normalized spacial score (nSPS) is 12.4. The summed E-state index contributed by atoms with van der Waals surface area (Å²) in [6.45, 7) is 1.40. The number of nitrogens with zero attached hydrogens (tertiary/aromatic N) is 1. The lowest BCUT2D eigenvalue weighted by atomic mass is 10.2. The lowest BCUT2D eigenvalue weighted by molar-refractivity contribution is -0.122.